The van der Waals surface area contributed by atoms with Gasteiger partial charge in [0.2, 0.25) is 0 Å². The summed E-state index contributed by atoms with van der Waals surface area (Å²) >= 11 is 0. The summed E-state index contributed by atoms with van der Waals surface area (Å²) in [6.07, 6.45) is 3.43. The van der Waals surface area contributed by atoms with Gasteiger partial charge in [0.1, 0.15) is 12.6 Å². The highest BCUT2D eigenvalue weighted by Crippen LogP contribution is 2.25. The molecule has 0 aromatic heterocycles. The molecule has 0 saturated heterocycles. The van der Waals surface area contributed by atoms with E-state index in [1.807, 2.05) is 60.5 Å². The molecule has 0 atom stereocenters. The molecule has 0 aliphatic heterocycles. The molecule has 0 fully saturated rings. The van der Waals surface area contributed by atoms with E-state index in [9.17, 15) is 9.59 Å². The Balaban J connectivity index is 1.71. The summed E-state index contributed by atoms with van der Waals surface area (Å²) in [7, 11) is 1.97. The first-order valence-corrected chi connectivity index (χ1v) is 8.18. The van der Waals surface area contributed by atoms with Crippen LogP contribution in [-0.2, 0) is 0 Å². The van der Waals surface area contributed by atoms with Crippen molar-refractivity contribution in [2.75, 3.05) is 11.9 Å². The molecule has 0 saturated carbocycles. The third-order valence-corrected chi connectivity index (χ3v) is 4.09. The highest BCUT2D eigenvalue weighted by Gasteiger charge is 2.04. The molecule has 128 valence electrons. The summed E-state index contributed by atoms with van der Waals surface area (Å²) in [6, 6.07) is 22.6. The Kier molecular flexibility index (Phi) is 5.34. The number of aldehydes is 2. The van der Waals surface area contributed by atoms with Crippen molar-refractivity contribution in [1.82, 2.24) is 0 Å². The number of carbonyl (C=O) groups excluding carboxylic acids is 2. The lowest BCUT2D eigenvalue weighted by atomic mass is 10.1. The first-order chi connectivity index (χ1) is 12.7. The van der Waals surface area contributed by atoms with E-state index in [0.717, 1.165) is 35.2 Å². The van der Waals surface area contributed by atoms with Gasteiger partial charge in [0.25, 0.3) is 0 Å². The largest absolute Gasteiger partial charge is 0.345 e. The molecule has 4 nitrogen and oxygen atoms in total. The maximum atomic E-state index is 10.7. The van der Waals surface area contributed by atoms with Crippen LogP contribution in [0.15, 0.2) is 77.8 Å². The smallest absolute Gasteiger partial charge is 0.150 e. The van der Waals surface area contributed by atoms with Crippen molar-refractivity contribution in [3.63, 3.8) is 0 Å². The van der Waals surface area contributed by atoms with E-state index in [-0.39, 0.29) is 0 Å². The Labute approximate surface area is 152 Å². The molecule has 3 rings (SSSR count). The van der Waals surface area contributed by atoms with Crippen molar-refractivity contribution in [3.8, 4) is 0 Å². The van der Waals surface area contributed by atoms with Crippen LogP contribution in [0.25, 0.3) is 0 Å². The SMILES string of the molecule is CN(c1ccc(C=O)cc1)c1ccc(N=Cc2ccc(C=O)cc2)cc1. The molecule has 0 radical (unpaired) electrons. The summed E-state index contributed by atoms with van der Waals surface area (Å²) in [6.45, 7) is 0. The molecule has 0 spiro atoms. The van der Waals surface area contributed by atoms with E-state index >= 15 is 0 Å². The predicted molar refractivity (Wildman–Crippen MR) is 105 cm³/mol. The summed E-state index contributed by atoms with van der Waals surface area (Å²) in [5, 5.41) is 0. The average molecular weight is 342 g/mol. The molecule has 0 unspecified atom stereocenters. The molecule has 26 heavy (non-hydrogen) atoms. The highest BCUT2D eigenvalue weighted by molar-refractivity contribution is 5.84. The Hall–Kier alpha value is -3.53. The topological polar surface area (TPSA) is 49.7 Å². The summed E-state index contributed by atoms with van der Waals surface area (Å²) < 4.78 is 0. The molecule has 0 aliphatic carbocycles. The number of hydrogen-bond acceptors (Lipinski definition) is 4. The maximum absolute atomic E-state index is 10.7. The Bertz CT molecular complexity index is 912. The van der Waals surface area contributed by atoms with Crippen molar-refractivity contribution in [2.45, 2.75) is 0 Å². The number of nitrogens with zero attached hydrogens (tertiary/aromatic N) is 2. The number of benzene rings is 3. The van der Waals surface area contributed by atoms with Gasteiger partial charge in [-0.3, -0.25) is 14.6 Å². The lowest BCUT2D eigenvalue weighted by Gasteiger charge is -2.19. The van der Waals surface area contributed by atoms with Gasteiger partial charge < -0.3 is 4.90 Å². The van der Waals surface area contributed by atoms with Crippen LogP contribution in [0.1, 0.15) is 26.3 Å². The highest BCUT2D eigenvalue weighted by atomic mass is 16.1. The zero-order valence-electron chi connectivity index (χ0n) is 14.4. The van der Waals surface area contributed by atoms with Gasteiger partial charge in [-0.25, -0.2) is 0 Å². The fourth-order valence-electron chi connectivity index (χ4n) is 2.50. The molecule has 0 amide bonds. The molecule has 0 bridgehead atoms. The van der Waals surface area contributed by atoms with Crippen molar-refractivity contribution < 1.29 is 9.59 Å². The van der Waals surface area contributed by atoms with Crippen LogP contribution in [0.2, 0.25) is 0 Å². The predicted octanol–water partition coefficient (Wildman–Crippen LogP) is 4.83. The van der Waals surface area contributed by atoms with Gasteiger partial charge in [0, 0.05) is 35.8 Å². The maximum Gasteiger partial charge on any atom is 0.150 e. The van der Waals surface area contributed by atoms with Gasteiger partial charge >= 0.3 is 0 Å². The van der Waals surface area contributed by atoms with E-state index in [0.29, 0.717) is 11.1 Å². The van der Waals surface area contributed by atoms with E-state index in [2.05, 4.69) is 4.99 Å². The fourth-order valence-corrected chi connectivity index (χ4v) is 2.50. The van der Waals surface area contributed by atoms with Crippen molar-refractivity contribution >= 4 is 35.8 Å². The van der Waals surface area contributed by atoms with Crippen molar-refractivity contribution in [3.05, 3.63) is 89.5 Å². The Morgan fingerprint density at radius 3 is 1.58 bits per heavy atom. The second-order valence-electron chi connectivity index (χ2n) is 5.83. The van der Waals surface area contributed by atoms with Crippen LogP contribution in [0.3, 0.4) is 0 Å². The van der Waals surface area contributed by atoms with Gasteiger partial charge in [0.15, 0.2) is 0 Å². The molecule has 0 aliphatic rings. The summed E-state index contributed by atoms with van der Waals surface area (Å²) in [5.74, 6) is 0. The first-order valence-electron chi connectivity index (χ1n) is 8.18. The molecular formula is C22H18N2O2. The quantitative estimate of drug-likeness (QED) is 0.476. The Morgan fingerprint density at radius 1 is 0.654 bits per heavy atom. The first kappa shape index (κ1) is 17.3. The average Bonchev–Trinajstić information content (AvgIpc) is 2.72. The molecular weight excluding hydrogens is 324 g/mol. The number of aliphatic imine (C=N–C) groups is 1. The molecule has 0 N–H and O–H groups in total. The number of rotatable bonds is 6. The van der Waals surface area contributed by atoms with Crippen LogP contribution in [-0.4, -0.2) is 25.8 Å². The third-order valence-electron chi connectivity index (χ3n) is 4.09. The van der Waals surface area contributed by atoms with Gasteiger partial charge in [-0.15, -0.1) is 0 Å². The van der Waals surface area contributed by atoms with Gasteiger partial charge in [-0.2, -0.15) is 0 Å². The number of hydrogen-bond donors (Lipinski definition) is 0. The van der Waals surface area contributed by atoms with Crippen LogP contribution in [0.5, 0.6) is 0 Å². The zero-order chi connectivity index (χ0) is 18.4. The third kappa shape index (κ3) is 4.11. The van der Waals surface area contributed by atoms with Crippen LogP contribution in [0, 0.1) is 0 Å². The van der Waals surface area contributed by atoms with Gasteiger partial charge in [0.05, 0.1) is 5.69 Å². The molecule has 3 aromatic carbocycles. The summed E-state index contributed by atoms with van der Waals surface area (Å²) in [5.41, 5.74) is 5.12. The standard InChI is InChI=1S/C22H18N2O2/c1-24(21-10-6-19(16-26)7-11-21)22-12-8-20(9-13-22)23-14-17-2-4-18(15-25)5-3-17/h2-16H,1H3. The molecule has 3 aromatic rings. The van der Waals surface area contributed by atoms with Gasteiger partial charge in [-0.05, 0) is 54.1 Å². The van der Waals surface area contributed by atoms with Crippen molar-refractivity contribution in [1.29, 1.82) is 0 Å². The van der Waals surface area contributed by atoms with Crippen molar-refractivity contribution in [2.24, 2.45) is 4.99 Å². The second kappa shape index (κ2) is 8.03. The molecule has 0 heterocycles. The number of carbonyl (C=O) groups is 2. The zero-order valence-corrected chi connectivity index (χ0v) is 14.4. The lowest BCUT2D eigenvalue weighted by molar-refractivity contribution is 0.111. The van der Waals surface area contributed by atoms with E-state index in [1.54, 1.807) is 30.5 Å². The normalized spacial score (nSPS) is 10.7. The van der Waals surface area contributed by atoms with Crippen LogP contribution < -0.4 is 4.90 Å². The Morgan fingerprint density at radius 2 is 1.08 bits per heavy atom. The lowest BCUT2D eigenvalue weighted by Crippen LogP contribution is -2.08. The minimum absolute atomic E-state index is 0.649. The van der Waals surface area contributed by atoms with E-state index in [1.165, 1.54) is 0 Å². The van der Waals surface area contributed by atoms with Crippen LogP contribution >= 0.6 is 0 Å². The minimum atomic E-state index is 0.649. The summed E-state index contributed by atoms with van der Waals surface area (Å²) in [4.78, 5) is 27.9. The second-order valence-corrected chi connectivity index (χ2v) is 5.83. The van der Waals surface area contributed by atoms with E-state index in [4.69, 9.17) is 0 Å². The van der Waals surface area contributed by atoms with E-state index < -0.39 is 0 Å². The number of anilines is 2. The fraction of sp³-hybridized carbons (Fsp3) is 0.0455. The van der Waals surface area contributed by atoms with Gasteiger partial charge in [-0.1, -0.05) is 24.3 Å². The minimum Gasteiger partial charge on any atom is -0.345 e. The van der Waals surface area contributed by atoms with Crippen LogP contribution in [0.4, 0.5) is 17.1 Å². The molecule has 4 heteroatoms. The monoisotopic (exact) mass is 342 g/mol.